The molecule has 0 aliphatic carbocycles. The molecular weight excluding hydrogens is 274 g/mol. The van der Waals surface area contributed by atoms with Gasteiger partial charge in [-0.15, -0.1) is 0 Å². The monoisotopic (exact) mass is 291 g/mol. The molecule has 0 saturated heterocycles. The van der Waals surface area contributed by atoms with Crippen molar-refractivity contribution in [3.8, 4) is 5.75 Å². The number of hydrogen-bond donors (Lipinski definition) is 1. The van der Waals surface area contributed by atoms with Crippen molar-refractivity contribution in [2.75, 3.05) is 6.54 Å². The van der Waals surface area contributed by atoms with Crippen LogP contribution in [0.5, 0.6) is 5.75 Å². The summed E-state index contributed by atoms with van der Waals surface area (Å²) >= 11 is 5.98. The van der Waals surface area contributed by atoms with Gasteiger partial charge in [-0.05, 0) is 50.2 Å². The Balaban J connectivity index is 2.08. The molecule has 2 N–H and O–H groups in total. The van der Waals surface area contributed by atoms with Gasteiger partial charge in [0.25, 0.3) is 0 Å². The van der Waals surface area contributed by atoms with Crippen LogP contribution in [0.1, 0.15) is 22.8 Å². The van der Waals surface area contributed by atoms with Crippen molar-refractivity contribution < 1.29 is 4.74 Å². The number of nitrogens with two attached hydrogens (primary N) is 1. The van der Waals surface area contributed by atoms with Crippen molar-refractivity contribution in [1.29, 1.82) is 0 Å². The third-order valence-corrected chi connectivity index (χ3v) is 3.28. The van der Waals surface area contributed by atoms with E-state index in [0.29, 0.717) is 19.0 Å². The normalized spacial score (nSPS) is 10.6. The highest BCUT2D eigenvalue weighted by Crippen LogP contribution is 2.21. The van der Waals surface area contributed by atoms with Gasteiger partial charge in [0.15, 0.2) is 5.82 Å². The fraction of sp³-hybridized carbons (Fsp3) is 0.333. The minimum atomic E-state index is 0.334. The summed E-state index contributed by atoms with van der Waals surface area (Å²) in [6, 6.07) is 7.51. The van der Waals surface area contributed by atoms with Crippen molar-refractivity contribution in [1.82, 2.24) is 9.97 Å². The Labute approximate surface area is 124 Å². The van der Waals surface area contributed by atoms with E-state index in [4.69, 9.17) is 22.1 Å². The SMILES string of the molecule is Cc1cc(CCN)nc(COc2ccc(Cl)c(C)c2)n1. The lowest BCUT2D eigenvalue weighted by Gasteiger charge is -2.08. The molecule has 0 fully saturated rings. The Hall–Kier alpha value is -1.65. The number of benzene rings is 1. The van der Waals surface area contributed by atoms with Gasteiger partial charge in [0.05, 0.1) is 0 Å². The van der Waals surface area contributed by atoms with Crippen LogP contribution in [0.15, 0.2) is 24.3 Å². The molecule has 0 atom stereocenters. The van der Waals surface area contributed by atoms with Gasteiger partial charge in [-0.25, -0.2) is 9.97 Å². The maximum Gasteiger partial charge on any atom is 0.166 e. The van der Waals surface area contributed by atoms with Gasteiger partial charge >= 0.3 is 0 Å². The molecule has 106 valence electrons. The van der Waals surface area contributed by atoms with E-state index in [-0.39, 0.29) is 0 Å². The van der Waals surface area contributed by atoms with Crippen LogP contribution in [0.3, 0.4) is 0 Å². The zero-order valence-corrected chi connectivity index (χ0v) is 12.4. The fourth-order valence-electron chi connectivity index (χ4n) is 1.90. The molecule has 5 heteroatoms. The van der Waals surface area contributed by atoms with Gasteiger partial charge < -0.3 is 10.5 Å². The van der Waals surface area contributed by atoms with E-state index in [9.17, 15) is 0 Å². The van der Waals surface area contributed by atoms with E-state index in [1.54, 1.807) is 0 Å². The Morgan fingerprint density at radius 2 is 2.00 bits per heavy atom. The second kappa shape index (κ2) is 6.68. The topological polar surface area (TPSA) is 61.0 Å². The highest BCUT2D eigenvalue weighted by molar-refractivity contribution is 6.31. The minimum absolute atomic E-state index is 0.334. The molecule has 0 amide bonds. The third kappa shape index (κ3) is 3.92. The number of ether oxygens (including phenoxy) is 1. The van der Waals surface area contributed by atoms with Crippen LogP contribution in [0.4, 0.5) is 0 Å². The van der Waals surface area contributed by atoms with Crippen LogP contribution in [0.2, 0.25) is 5.02 Å². The van der Waals surface area contributed by atoms with Gasteiger partial charge in [0, 0.05) is 22.8 Å². The zero-order valence-electron chi connectivity index (χ0n) is 11.7. The van der Waals surface area contributed by atoms with Crippen molar-refractivity contribution >= 4 is 11.6 Å². The fourth-order valence-corrected chi connectivity index (χ4v) is 2.01. The number of halogens is 1. The lowest BCUT2D eigenvalue weighted by atomic mass is 10.2. The van der Waals surface area contributed by atoms with Gasteiger partial charge in [0.1, 0.15) is 12.4 Å². The molecular formula is C15H18ClN3O. The van der Waals surface area contributed by atoms with Crippen molar-refractivity contribution in [2.24, 2.45) is 5.73 Å². The van der Waals surface area contributed by atoms with E-state index in [1.807, 2.05) is 38.1 Å². The predicted molar refractivity (Wildman–Crippen MR) is 80.0 cm³/mol. The van der Waals surface area contributed by atoms with Gasteiger partial charge in [-0.1, -0.05) is 11.6 Å². The summed E-state index contributed by atoms with van der Waals surface area (Å²) in [5.41, 5.74) is 8.41. The van der Waals surface area contributed by atoms with Crippen LogP contribution in [-0.2, 0) is 13.0 Å². The van der Waals surface area contributed by atoms with E-state index in [1.165, 1.54) is 0 Å². The molecule has 4 nitrogen and oxygen atoms in total. The molecule has 0 radical (unpaired) electrons. The number of aromatic nitrogens is 2. The maximum absolute atomic E-state index is 5.98. The highest BCUT2D eigenvalue weighted by Gasteiger charge is 2.04. The van der Waals surface area contributed by atoms with Crippen LogP contribution < -0.4 is 10.5 Å². The van der Waals surface area contributed by atoms with Gasteiger partial charge in [-0.3, -0.25) is 0 Å². The average molecular weight is 292 g/mol. The smallest absolute Gasteiger partial charge is 0.166 e. The predicted octanol–water partition coefficient (Wildman–Crippen LogP) is 2.83. The summed E-state index contributed by atoms with van der Waals surface area (Å²) in [5, 5.41) is 0.731. The highest BCUT2D eigenvalue weighted by atomic mass is 35.5. The average Bonchev–Trinajstić information content (AvgIpc) is 2.40. The Morgan fingerprint density at radius 3 is 2.70 bits per heavy atom. The van der Waals surface area contributed by atoms with Crippen molar-refractivity contribution in [2.45, 2.75) is 26.9 Å². The Kier molecular flexibility index (Phi) is 4.93. The molecule has 2 rings (SSSR count). The number of hydrogen-bond acceptors (Lipinski definition) is 4. The summed E-state index contributed by atoms with van der Waals surface area (Å²) < 4.78 is 5.70. The lowest BCUT2D eigenvalue weighted by molar-refractivity contribution is 0.295. The molecule has 0 unspecified atom stereocenters. The molecule has 0 saturated carbocycles. The molecule has 20 heavy (non-hydrogen) atoms. The molecule has 0 spiro atoms. The molecule has 1 aromatic carbocycles. The van der Waals surface area contributed by atoms with E-state index in [2.05, 4.69) is 9.97 Å². The second-order valence-electron chi connectivity index (χ2n) is 4.66. The first-order valence-electron chi connectivity index (χ1n) is 6.51. The first-order chi connectivity index (χ1) is 9.58. The molecule has 0 bridgehead atoms. The summed E-state index contributed by atoms with van der Waals surface area (Å²) in [6.07, 6.45) is 0.746. The van der Waals surface area contributed by atoms with Crippen LogP contribution in [0.25, 0.3) is 0 Å². The minimum Gasteiger partial charge on any atom is -0.486 e. The lowest BCUT2D eigenvalue weighted by Crippen LogP contribution is -2.09. The second-order valence-corrected chi connectivity index (χ2v) is 5.06. The van der Waals surface area contributed by atoms with Crippen LogP contribution in [-0.4, -0.2) is 16.5 Å². The summed E-state index contributed by atoms with van der Waals surface area (Å²) in [5.74, 6) is 1.43. The van der Waals surface area contributed by atoms with Crippen molar-refractivity contribution in [3.05, 3.63) is 52.1 Å². The first-order valence-corrected chi connectivity index (χ1v) is 6.88. The number of rotatable bonds is 5. The van der Waals surface area contributed by atoms with Gasteiger partial charge in [0.2, 0.25) is 0 Å². The van der Waals surface area contributed by atoms with E-state index in [0.717, 1.165) is 34.1 Å². The molecule has 0 aliphatic heterocycles. The molecule has 1 heterocycles. The van der Waals surface area contributed by atoms with Crippen LogP contribution >= 0.6 is 11.6 Å². The first kappa shape index (κ1) is 14.8. The molecule has 1 aromatic heterocycles. The Morgan fingerprint density at radius 1 is 1.20 bits per heavy atom. The van der Waals surface area contributed by atoms with E-state index >= 15 is 0 Å². The van der Waals surface area contributed by atoms with Crippen LogP contribution in [0, 0.1) is 13.8 Å². The molecule has 0 aliphatic rings. The van der Waals surface area contributed by atoms with Gasteiger partial charge in [-0.2, -0.15) is 0 Å². The number of nitrogens with zero attached hydrogens (tertiary/aromatic N) is 2. The van der Waals surface area contributed by atoms with E-state index < -0.39 is 0 Å². The maximum atomic E-state index is 5.98. The summed E-state index contributed by atoms with van der Waals surface area (Å²) in [4.78, 5) is 8.80. The summed E-state index contributed by atoms with van der Waals surface area (Å²) in [7, 11) is 0. The zero-order chi connectivity index (χ0) is 14.5. The Bertz CT molecular complexity index is 602. The largest absolute Gasteiger partial charge is 0.486 e. The number of aryl methyl sites for hydroxylation is 2. The standard InChI is InChI=1S/C15H18ClN3O/c1-10-7-13(3-4-14(10)16)20-9-15-18-11(2)8-12(19-15)5-6-17/h3-4,7-8H,5-6,9,17H2,1-2H3. The summed E-state index contributed by atoms with van der Waals surface area (Å²) in [6.45, 7) is 4.79. The third-order valence-electron chi connectivity index (χ3n) is 2.85. The quantitative estimate of drug-likeness (QED) is 0.920. The van der Waals surface area contributed by atoms with Crippen molar-refractivity contribution in [3.63, 3.8) is 0 Å². The molecule has 2 aromatic rings.